The van der Waals surface area contributed by atoms with Crippen LogP contribution in [0, 0.1) is 5.92 Å². The molecule has 1 nitrogen and oxygen atoms in total. The second-order valence-corrected chi connectivity index (χ2v) is 6.55. The SMILES string of the molecule is CC(C)CCSc1cc(Br)ccc1C(C)N. The maximum absolute atomic E-state index is 5.97. The lowest BCUT2D eigenvalue weighted by Crippen LogP contribution is -2.06. The predicted octanol–water partition coefficient (Wildman–Crippen LogP) is 4.61. The molecule has 0 bridgehead atoms. The summed E-state index contributed by atoms with van der Waals surface area (Å²) in [5.41, 5.74) is 7.21. The van der Waals surface area contributed by atoms with Gasteiger partial charge in [0.15, 0.2) is 0 Å². The van der Waals surface area contributed by atoms with Crippen LogP contribution in [-0.4, -0.2) is 5.75 Å². The molecule has 1 atom stereocenters. The molecule has 3 heteroatoms. The van der Waals surface area contributed by atoms with Gasteiger partial charge in [0.1, 0.15) is 0 Å². The molecule has 2 N–H and O–H groups in total. The quantitative estimate of drug-likeness (QED) is 0.804. The Balaban J connectivity index is 2.72. The Labute approximate surface area is 111 Å². The third-order valence-corrected chi connectivity index (χ3v) is 4.02. The lowest BCUT2D eigenvalue weighted by Gasteiger charge is -2.13. The Hall–Kier alpha value is 0.01000. The van der Waals surface area contributed by atoms with Crippen LogP contribution in [-0.2, 0) is 0 Å². The third kappa shape index (κ3) is 4.48. The van der Waals surface area contributed by atoms with Crippen LogP contribution in [0.4, 0.5) is 0 Å². The normalized spacial score (nSPS) is 13.1. The Morgan fingerprint density at radius 2 is 2.00 bits per heavy atom. The lowest BCUT2D eigenvalue weighted by atomic mass is 10.1. The summed E-state index contributed by atoms with van der Waals surface area (Å²) in [6.45, 7) is 6.55. The molecule has 1 aromatic rings. The molecule has 0 radical (unpaired) electrons. The highest BCUT2D eigenvalue weighted by atomic mass is 79.9. The summed E-state index contributed by atoms with van der Waals surface area (Å²) in [6, 6.07) is 6.45. The van der Waals surface area contributed by atoms with E-state index in [1.54, 1.807) is 0 Å². The first kappa shape index (κ1) is 14.1. The second-order valence-electron chi connectivity index (χ2n) is 4.50. The highest BCUT2D eigenvalue weighted by Crippen LogP contribution is 2.30. The van der Waals surface area contributed by atoms with E-state index < -0.39 is 0 Å². The van der Waals surface area contributed by atoms with E-state index in [4.69, 9.17) is 5.73 Å². The van der Waals surface area contributed by atoms with Gasteiger partial charge in [0, 0.05) is 15.4 Å². The minimum absolute atomic E-state index is 0.106. The first-order valence-corrected chi connectivity index (χ1v) is 7.46. The Morgan fingerprint density at radius 3 is 2.56 bits per heavy atom. The minimum atomic E-state index is 0.106. The monoisotopic (exact) mass is 301 g/mol. The van der Waals surface area contributed by atoms with Crippen molar-refractivity contribution in [3.05, 3.63) is 28.2 Å². The number of hydrogen-bond acceptors (Lipinski definition) is 2. The van der Waals surface area contributed by atoms with Crippen LogP contribution in [0.5, 0.6) is 0 Å². The second kappa shape index (κ2) is 6.67. The zero-order valence-corrected chi connectivity index (χ0v) is 12.6. The topological polar surface area (TPSA) is 26.0 Å². The summed E-state index contributed by atoms with van der Waals surface area (Å²) in [6.07, 6.45) is 1.25. The molecule has 0 aliphatic rings. The first-order chi connectivity index (χ1) is 7.50. The van der Waals surface area contributed by atoms with Crippen LogP contribution in [0.15, 0.2) is 27.6 Å². The van der Waals surface area contributed by atoms with Gasteiger partial charge in [-0.25, -0.2) is 0 Å². The van der Waals surface area contributed by atoms with Gasteiger partial charge in [-0.1, -0.05) is 35.8 Å². The van der Waals surface area contributed by atoms with Crippen molar-refractivity contribution in [1.29, 1.82) is 0 Å². The van der Waals surface area contributed by atoms with Crippen molar-refractivity contribution in [3.63, 3.8) is 0 Å². The van der Waals surface area contributed by atoms with E-state index in [0.717, 1.165) is 16.1 Å². The standard InChI is InChI=1S/C13H20BrNS/c1-9(2)6-7-16-13-8-11(14)4-5-12(13)10(3)15/h4-5,8-10H,6-7,15H2,1-3H3. The van der Waals surface area contributed by atoms with Crippen LogP contribution in [0.1, 0.15) is 38.8 Å². The molecule has 0 fully saturated rings. The first-order valence-electron chi connectivity index (χ1n) is 5.68. The lowest BCUT2D eigenvalue weighted by molar-refractivity contribution is 0.632. The maximum atomic E-state index is 5.97. The Morgan fingerprint density at radius 1 is 1.31 bits per heavy atom. The van der Waals surface area contributed by atoms with E-state index in [2.05, 4.69) is 48.0 Å². The largest absolute Gasteiger partial charge is 0.324 e. The van der Waals surface area contributed by atoms with Gasteiger partial charge in [-0.15, -0.1) is 11.8 Å². The van der Waals surface area contributed by atoms with E-state index >= 15 is 0 Å². The number of hydrogen-bond donors (Lipinski definition) is 1. The molecule has 0 aromatic heterocycles. The maximum Gasteiger partial charge on any atom is 0.0277 e. The molecule has 0 saturated heterocycles. The van der Waals surface area contributed by atoms with Crippen molar-refractivity contribution in [2.75, 3.05) is 5.75 Å². The van der Waals surface area contributed by atoms with Crippen LogP contribution in [0.2, 0.25) is 0 Å². The van der Waals surface area contributed by atoms with Crippen molar-refractivity contribution < 1.29 is 0 Å². The summed E-state index contributed by atoms with van der Waals surface area (Å²) in [5.74, 6) is 1.92. The van der Waals surface area contributed by atoms with Gasteiger partial charge >= 0.3 is 0 Å². The summed E-state index contributed by atoms with van der Waals surface area (Å²) >= 11 is 5.42. The van der Waals surface area contributed by atoms with Gasteiger partial charge < -0.3 is 5.73 Å². The van der Waals surface area contributed by atoms with E-state index in [1.807, 2.05) is 18.7 Å². The van der Waals surface area contributed by atoms with Gasteiger partial charge in [-0.05, 0) is 42.7 Å². The molecule has 0 aliphatic carbocycles. The van der Waals surface area contributed by atoms with Gasteiger partial charge in [0.05, 0.1) is 0 Å². The van der Waals surface area contributed by atoms with Gasteiger partial charge in [0.25, 0.3) is 0 Å². The fourth-order valence-corrected chi connectivity index (χ4v) is 3.37. The predicted molar refractivity (Wildman–Crippen MR) is 76.9 cm³/mol. The van der Waals surface area contributed by atoms with Gasteiger partial charge in [0.2, 0.25) is 0 Å². The fourth-order valence-electron chi connectivity index (χ4n) is 1.41. The number of benzene rings is 1. The van der Waals surface area contributed by atoms with Gasteiger partial charge in [-0.2, -0.15) is 0 Å². The number of thioether (sulfide) groups is 1. The molecule has 1 rings (SSSR count). The van der Waals surface area contributed by atoms with Crippen LogP contribution < -0.4 is 5.73 Å². The van der Waals surface area contributed by atoms with Gasteiger partial charge in [-0.3, -0.25) is 0 Å². The van der Waals surface area contributed by atoms with Crippen molar-refractivity contribution in [2.24, 2.45) is 11.7 Å². The average Bonchev–Trinajstić information content (AvgIpc) is 2.16. The summed E-state index contributed by atoms with van der Waals surface area (Å²) in [7, 11) is 0. The van der Waals surface area contributed by atoms with E-state index in [1.165, 1.54) is 16.9 Å². The molecule has 1 unspecified atom stereocenters. The average molecular weight is 302 g/mol. The highest BCUT2D eigenvalue weighted by Gasteiger charge is 2.08. The smallest absolute Gasteiger partial charge is 0.0277 e. The van der Waals surface area contributed by atoms with E-state index in [-0.39, 0.29) is 6.04 Å². The number of halogens is 1. The Bertz CT molecular complexity index is 337. The van der Waals surface area contributed by atoms with Crippen LogP contribution in [0.25, 0.3) is 0 Å². The van der Waals surface area contributed by atoms with Crippen LogP contribution in [0.3, 0.4) is 0 Å². The zero-order chi connectivity index (χ0) is 12.1. The summed E-state index contributed by atoms with van der Waals surface area (Å²) in [5, 5.41) is 0. The molecule has 0 spiro atoms. The molecule has 0 aliphatic heterocycles. The molecule has 0 amide bonds. The van der Waals surface area contributed by atoms with Crippen molar-refractivity contribution in [2.45, 2.75) is 38.1 Å². The minimum Gasteiger partial charge on any atom is -0.324 e. The third-order valence-electron chi connectivity index (χ3n) is 2.42. The molecular formula is C13H20BrNS. The summed E-state index contributed by atoms with van der Waals surface area (Å²) in [4.78, 5) is 1.31. The van der Waals surface area contributed by atoms with E-state index in [0.29, 0.717) is 0 Å². The molecule has 16 heavy (non-hydrogen) atoms. The highest BCUT2D eigenvalue weighted by molar-refractivity contribution is 9.10. The molecule has 90 valence electrons. The van der Waals surface area contributed by atoms with Crippen molar-refractivity contribution >= 4 is 27.7 Å². The van der Waals surface area contributed by atoms with Crippen LogP contribution >= 0.6 is 27.7 Å². The number of nitrogens with two attached hydrogens (primary N) is 1. The zero-order valence-electron chi connectivity index (χ0n) is 10.2. The van der Waals surface area contributed by atoms with Crippen molar-refractivity contribution in [3.8, 4) is 0 Å². The molecule has 1 aromatic carbocycles. The number of rotatable bonds is 5. The Kier molecular flexibility index (Phi) is 5.87. The molecule has 0 heterocycles. The molecular weight excluding hydrogens is 282 g/mol. The fraction of sp³-hybridized carbons (Fsp3) is 0.538. The summed E-state index contributed by atoms with van der Waals surface area (Å²) < 4.78 is 1.13. The molecule has 0 saturated carbocycles. The van der Waals surface area contributed by atoms with Crippen molar-refractivity contribution in [1.82, 2.24) is 0 Å². The van der Waals surface area contributed by atoms with E-state index in [9.17, 15) is 0 Å².